The average Bonchev–Trinajstić information content (AvgIpc) is 3.51. The summed E-state index contributed by atoms with van der Waals surface area (Å²) in [5.41, 5.74) is -4.15. The molecule has 1 amide bonds. The van der Waals surface area contributed by atoms with Crippen molar-refractivity contribution in [3.63, 3.8) is 0 Å². The minimum Gasteiger partial charge on any atom is -0.394 e. The molecule has 0 saturated heterocycles. The molecule has 0 aliphatic carbocycles. The molecule has 0 saturated carbocycles. The maximum Gasteiger partial charge on any atom is 0.416 e. The first-order valence-electron chi connectivity index (χ1n) is 11.3. The number of sulfonamides is 1. The summed E-state index contributed by atoms with van der Waals surface area (Å²) >= 11 is 6.68. The van der Waals surface area contributed by atoms with Gasteiger partial charge in [-0.1, -0.05) is 23.7 Å². The number of rotatable bonds is 9. The largest absolute Gasteiger partial charge is 0.416 e. The molecule has 0 fully saturated rings. The molecule has 0 aliphatic heterocycles. The first-order valence-corrected chi connectivity index (χ1v) is 14.0. The van der Waals surface area contributed by atoms with Crippen molar-refractivity contribution in [1.29, 1.82) is 0 Å². The van der Waals surface area contributed by atoms with Gasteiger partial charge in [-0.15, -0.1) is 11.3 Å². The molecule has 0 bridgehead atoms. The average molecular weight is 640 g/mol. The summed E-state index contributed by atoms with van der Waals surface area (Å²) in [5, 5.41) is 24.9. The number of aromatic nitrogens is 3. The molecular formula is C23H19ClF5N5O5S2. The zero-order valence-corrected chi connectivity index (χ0v) is 23.0. The van der Waals surface area contributed by atoms with Crippen LogP contribution in [0.15, 0.2) is 46.8 Å². The Labute approximate surface area is 237 Å². The van der Waals surface area contributed by atoms with Crippen LogP contribution in [0.1, 0.15) is 35.0 Å². The zero-order valence-electron chi connectivity index (χ0n) is 20.6. The lowest BCUT2D eigenvalue weighted by atomic mass is 10.1. The number of thiophene rings is 1. The highest BCUT2D eigenvalue weighted by molar-refractivity contribution is 7.91. The van der Waals surface area contributed by atoms with E-state index in [9.17, 15) is 45.4 Å². The van der Waals surface area contributed by atoms with E-state index in [1.165, 1.54) is 6.92 Å². The molecule has 3 heterocycles. The topological polar surface area (TPSA) is 146 Å². The molecule has 4 aromatic rings. The van der Waals surface area contributed by atoms with Crippen LogP contribution in [0.5, 0.6) is 0 Å². The number of hydrogen-bond acceptors (Lipinski definition) is 8. The third kappa shape index (κ3) is 6.34. The molecule has 1 aromatic carbocycles. The molecule has 41 heavy (non-hydrogen) atoms. The van der Waals surface area contributed by atoms with Crippen LogP contribution in [-0.4, -0.2) is 57.9 Å². The summed E-state index contributed by atoms with van der Waals surface area (Å²) in [6.07, 6.45) is -6.77. The number of hydrogen-bond donors (Lipinski definition) is 4. The number of aliphatic hydroxyl groups excluding tert-OH is 2. The van der Waals surface area contributed by atoms with E-state index >= 15 is 0 Å². The summed E-state index contributed by atoms with van der Waals surface area (Å²) in [6, 6.07) is 5.56. The highest BCUT2D eigenvalue weighted by Crippen LogP contribution is 2.36. The Kier molecular flexibility index (Phi) is 8.41. The van der Waals surface area contributed by atoms with Gasteiger partial charge < -0.3 is 15.5 Å². The highest BCUT2D eigenvalue weighted by atomic mass is 35.5. The minimum atomic E-state index is -4.61. The summed E-state index contributed by atoms with van der Waals surface area (Å²) in [5.74, 6) is -0.954. The fourth-order valence-electron chi connectivity index (χ4n) is 3.52. The molecule has 18 heteroatoms. The van der Waals surface area contributed by atoms with Crippen LogP contribution in [0.3, 0.4) is 0 Å². The predicted octanol–water partition coefficient (Wildman–Crippen LogP) is 4.34. The second kappa shape index (κ2) is 11.2. The Bertz CT molecular complexity index is 1700. The lowest BCUT2D eigenvalue weighted by Gasteiger charge is -2.25. The van der Waals surface area contributed by atoms with Crippen molar-refractivity contribution in [3.05, 3.63) is 63.8 Å². The van der Waals surface area contributed by atoms with Crippen LogP contribution in [0, 0.1) is 0 Å². The van der Waals surface area contributed by atoms with E-state index in [4.69, 9.17) is 11.6 Å². The number of benzene rings is 1. The quantitative estimate of drug-likeness (QED) is 0.199. The second-order valence-corrected chi connectivity index (χ2v) is 12.5. The van der Waals surface area contributed by atoms with E-state index in [1.807, 2.05) is 0 Å². The zero-order chi connectivity index (χ0) is 30.3. The minimum absolute atomic E-state index is 0.0657. The van der Waals surface area contributed by atoms with Crippen molar-refractivity contribution in [2.45, 2.75) is 29.3 Å². The summed E-state index contributed by atoms with van der Waals surface area (Å²) in [4.78, 5) is 17.3. The number of carbonyl (C=O) groups is 1. The van der Waals surface area contributed by atoms with E-state index < -0.39 is 58.5 Å². The fraction of sp³-hybridized carbons (Fsp3) is 0.261. The van der Waals surface area contributed by atoms with Gasteiger partial charge in [0.1, 0.15) is 19.8 Å². The van der Waals surface area contributed by atoms with Crippen LogP contribution >= 0.6 is 22.9 Å². The van der Waals surface area contributed by atoms with Crippen molar-refractivity contribution in [2.24, 2.45) is 0 Å². The molecule has 220 valence electrons. The Morgan fingerprint density at radius 1 is 1.15 bits per heavy atom. The van der Waals surface area contributed by atoms with Crippen molar-refractivity contribution in [1.82, 2.24) is 19.3 Å². The summed E-state index contributed by atoms with van der Waals surface area (Å²) in [7, 11) is -4.30. The van der Waals surface area contributed by atoms with Gasteiger partial charge in [-0.25, -0.2) is 26.7 Å². The molecule has 0 aliphatic rings. The molecule has 0 atom stereocenters. The maximum atomic E-state index is 13.9. The Morgan fingerprint density at radius 3 is 2.34 bits per heavy atom. The third-order valence-electron chi connectivity index (χ3n) is 5.73. The Hall–Kier alpha value is -3.22. The second-order valence-electron chi connectivity index (χ2n) is 8.93. The number of nitrogens with zero attached hydrogens (tertiary/aromatic N) is 3. The van der Waals surface area contributed by atoms with Crippen molar-refractivity contribution in [2.75, 3.05) is 18.5 Å². The third-order valence-corrected chi connectivity index (χ3v) is 9.20. The summed E-state index contributed by atoms with van der Waals surface area (Å²) in [6.45, 7) is -0.183. The summed E-state index contributed by atoms with van der Waals surface area (Å²) < 4.78 is 94.3. The maximum absolute atomic E-state index is 13.9. The lowest BCUT2D eigenvalue weighted by molar-refractivity contribution is -0.137. The molecule has 10 nitrogen and oxygen atoms in total. The molecule has 0 spiro atoms. The van der Waals surface area contributed by atoms with E-state index in [1.54, 1.807) is 0 Å². The van der Waals surface area contributed by atoms with E-state index in [0.29, 0.717) is 15.9 Å². The van der Waals surface area contributed by atoms with Gasteiger partial charge >= 0.3 is 6.18 Å². The van der Waals surface area contributed by atoms with Gasteiger partial charge in [-0.3, -0.25) is 4.79 Å². The van der Waals surface area contributed by atoms with E-state index in [-0.39, 0.29) is 36.7 Å². The number of anilines is 1. The normalized spacial score (nSPS) is 12.8. The first kappa shape index (κ1) is 30.7. The number of carbonyl (C=O) groups excluding carboxylic acids is 1. The van der Waals surface area contributed by atoms with Gasteiger partial charge in [0, 0.05) is 5.56 Å². The standard InChI is InChI=1S/C23H19ClF5N5O5S2/c1-22(9-35,10-36)33-41(38,39)17-7-15(18(24)40-17)32-21(37)13-8-30-34-16(19(25)26)6-14(31-20(13)34)11-2-4-12(5-3-11)23(27,28)29/h2-8,19,33,35-36H,9-10H2,1H3,(H,32,37). The number of nitrogens with one attached hydrogen (secondary N) is 2. The lowest BCUT2D eigenvalue weighted by Crippen LogP contribution is -2.51. The van der Waals surface area contributed by atoms with Crippen LogP contribution in [0.25, 0.3) is 16.9 Å². The van der Waals surface area contributed by atoms with Gasteiger partial charge in [-0.05, 0) is 31.2 Å². The van der Waals surface area contributed by atoms with Gasteiger partial charge in [0.15, 0.2) is 5.65 Å². The van der Waals surface area contributed by atoms with Crippen LogP contribution < -0.4 is 10.0 Å². The fourth-order valence-corrected chi connectivity index (χ4v) is 6.55. The number of amides is 1. The number of halogens is 6. The molecule has 3 aromatic heterocycles. The SMILES string of the molecule is CC(CO)(CO)NS(=O)(=O)c1cc(NC(=O)c2cnn3c(C(F)F)cc(-c4ccc(C(F)(F)F)cc4)nc23)c(Cl)s1. The molecule has 4 rings (SSSR count). The van der Waals surface area contributed by atoms with Crippen molar-refractivity contribution < 1.29 is 45.4 Å². The Balaban J connectivity index is 1.69. The molecule has 4 N–H and O–H groups in total. The molecular weight excluding hydrogens is 621 g/mol. The van der Waals surface area contributed by atoms with E-state index in [2.05, 4.69) is 20.1 Å². The van der Waals surface area contributed by atoms with Gasteiger partial charge in [-0.2, -0.15) is 23.0 Å². The van der Waals surface area contributed by atoms with Gasteiger partial charge in [0.05, 0.1) is 41.9 Å². The number of aliphatic hydroxyl groups is 2. The van der Waals surface area contributed by atoms with Crippen LogP contribution in [0.4, 0.5) is 27.6 Å². The molecule has 0 radical (unpaired) electrons. The van der Waals surface area contributed by atoms with Crippen molar-refractivity contribution in [3.8, 4) is 11.3 Å². The molecule has 0 unspecified atom stereocenters. The smallest absolute Gasteiger partial charge is 0.394 e. The van der Waals surface area contributed by atoms with Crippen LogP contribution in [-0.2, 0) is 16.2 Å². The van der Waals surface area contributed by atoms with Gasteiger partial charge in [0.2, 0.25) is 0 Å². The monoisotopic (exact) mass is 639 g/mol. The number of alkyl halides is 5. The van der Waals surface area contributed by atoms with Crippen molar-refractivity contribution >= 4 is 50.2 Å². The first-order chi connectivity index (χ1) is 19.1. The number of fused-ring (bicyclic) bond motifs is 1. The predicted molar refractivity (Wildman–Crippen MR) is 139 cm³/mol. The van der Waals surface area contributed by atoms with Gasteiger partial charge in [0.25, 0.3) is 22.4 Å². The Morgan fingerprint density at radius 2 is 1.78 bits per heavy atom. The highest BCUT2D eigenvalue weighted by Gasteiger charge is 2.32. The van der Waals surface area contributed by atoms with Crippen LogP contribution in [0.2, 0.25) is 4.34 Å². The van der Waals surface area contributed by atoms with E-state index in [0.717, 1.165) is 42.6 Å².